The summed E-state index contributed by atoms with van der Waals surface area (Å²) in [5.41, 5.74) is 4.20. The standard InChI is InChI=1S/C20H22ClF3N2O5/c1-3-31-19(28)16-14(10-30-8-7-25)26-9-12(18(27)29-2)15(16)11-5-4-6-13(17(11)21)20(22,23)24/h4-6,9,12,15H,3,7-8,10,25H2,1-2H3. The van der Waals surface area contributed by atoms with Gasteiger partial charge in [-0.25, -0.2) is 4.79 Å². The zero-order chi connectivity index (χ0) is 23.2. The molecule has 1 aliphatic rings. The van der Waals surface area contributed by atoms with E-state index in [-0.39, 0.29) is 43.2 Å². The first-order chi connectivity index (χ1) is 14.7. The van der Waals surface area contributed by atoms with Gasteiger partial charge in [0.15, 0.2) is 0 Å². The van der Waals surface area contributed by atoms with Crippen LogP contribution in [-0.2, 0) is 30.0 Å². The molecule has 2 unspecified atom stereocenters. The highest BCUT2D eigenvalue weighted by atomic mass is 35.5. The van der Waals surface area contributed by atoms with E-state index in [1.165, 1.54) is 12.3 Å². The Morgan fingerprint density at radius 2 is 2.00 bits per heavy atom. The number of methoxy groups -OCH3 is 1. The number of hydrogen-bond donors (Lipinski definition) is 1. The number of nitrogens with two attached hydrogens (primary N) is 1. The van der Waals surface area contributed by atoms with Gasteiger partial charge in [-0.05, 0) is 18.6 Å². The summed E-state index contributed by atoms with van der Waals surface area (Å²) < 4.78 is 55.6. The van der Waals surface area contributed by atoms with Crippen LogP contribution in [0.2, 0.25) is 5.02 Å². The smallest absolute Gasteiger partial charge is 0.417 e. The maximum atomic E-state index is 13.4. The zero-order valence-electron chi connectivity index (χ0n) is 16.9. The molecule has 0 amide bonds. The van der Waals surface area contributed by atoms with E-state index in [0.717, 1.165) is 19.2 Å². The highest BCUT2D eigenvalue weighted by molar-refractivity contribution is 6.32. The van der Waals surface area contributed by atoms with Crippen LogP contribution in [0.25, 0.3) is 0 Å². The lowest BCUT2D eigenvalue weighted by atomic mass is 9.78. The Balaban J connectivity index is 2.72. The molecule has 1 aliphatic heterocycles. The van der Waals surface area contributed by atoms with Crippen molar-refractivity contribution in [3.63, 3.8) is 0 Å². The van der Waals surface area contributed by atoms with Crippen LogP contribution < -0.4 is 5.73 Å². The molecule has 0 fully saturated rings. The van der Waals surface area contributed by atoms with Gasteiger partial charge in [-0.2, -0.15) is 13.2 Å². The van der Waals surface area contributed by atoms with Crippen molar-refractivity contribution in [3.8, 4) is 0 Å². The molecule has 0 aliphatic carbocycles. The fourth-order valence-corrected chi connectivity index (χ4v) is 3.55. The van der Waals surface area contributed by atoms with Gasteiger partial charge in [0, 0.05) is 18.7 Å². The second kappa shape index (κ2) is 10.7. The van der Waals surface area contributed by atoms with E-state index in [2.05, 4.69) is 4.99 Å². The van der Waals surface area contributed by atoms with Gasteiger partial charge >= 0.3 is 18.1 Å². The van der Waals surface area contributed by atoms with Crippen molar-refractivity contribution >= 4 is 29.8 Å². The van der Waals surface area contributed by atoms with Crippen LogP contribution in [0.3, 0.4) is 0 Å². The lowest BCUT2D eigenvalue weighted by Gasteiger charge is -2.30. The van der Waals surface area contributed by atoms with Gasteiger partial charge in [0.2, 0.25) is 0 Å². The topological polar surface area (TPSA) is 100 Å². The van der Waals surface area contributed by atoms with Gasteiger partial charge < -0.3 is 19.9 Å². The van der Waals surface area contributed by atoms with Crippen LogP contribution in [0.5, 0.6) is 0 Å². The largest absolute Gasteiger partial charge is 0.468 e. The van der Waals surface area contributed by atoms with Gasteiger partial charge in [0.25, 0.3) is 0 Å². The molecule has 0 aromatic heterocycles. The van der Waals surface area contributed by atoms with Gasteiger partial charge in [-0.15, -0.1) is 0 Å². The number of carbonyl (C=O) groups excluding carboxylic acids is 2. The van der Waals surface area contributed by atoms with E-state index < -0.39 is 40.5 Å². The summed E-state index contributed by atoms with van der Waals surface area (Å²) in [5, 5.41) is -0.631. The fourth-order valence-electron chi connectivity index (χ4n) is 3.20. The van der Waals surface area contributed by atoms with Crippen molar-refractivity contribution in [1.29, 1.82) is 0 Å². The molecule has 2 rings (SSSR count). The van der Waals surface area contributed by atoms with E-state index in [9.17, 15) is 22.8 Å². The molecule has 11 heteroatoms. The van der Waals surface area contributed by atoms with Gasteiger partial charge in [0.05, 0.1) is 48.8 Å². The molecular weight excluding hydrogens is 441 g/mol. The molecule has 0 bridgehead atoms. The van der Waals surface area contributed by atoms with Crippen LogP contribution in [0.15, 0.2) is 34.5 Å². The van der Waals surface area contributed by atoms with Crippen LogP contribution >= 0.6 is 11.6 Å². The third-order valence-corrected chi connectivity index (χ3v) is 4.93. The first kappa shape index (κ1) is 24.8. The summed E-state index contributed by atoms with van der Waals surface area (Å²) in [5.74, 6) is -4.08. The Labute approximate surface area is 182 Å². The predicted molar refractivity (Wildman–Crippen MR) is 107 cm³/mol. The van der Waals surface area contributed by atoms with Crippen molar-refractivity contribution in [2.24, 2.45) is 16.6 Å². The molecule has 1 aromatic carbocycles. The second-order valence-corrected chi connectivity index (χ2v) is 6.81. The minimum absolute atomic E-state index is 0.00504. The monoisotopic (exact) mass is 462 g/mol. The lowest BCUT2D eigenvalue weighted by Crippen LogP contribution is -2.33. The summed E-state index contributed by atoms with van der Waals surface area (Å²) in [6.07, 6.45) is -3.53. The maximum Gasteiger partial charge on any atom is 0.417 e. The average Bonchev–Trinajstić information content (AvgIpc) is 2.72. The van der Waals surface area contributed by atoms with E-state index in [1.807, 2.05) is 0 Å². The van der Waals surface area contributed by atoms with Crippen LogP contribution in [0.4, 0.5) is 13.2 Å². The van der Waals surface area contributed by atoms with E-state index >= 15 is 0 Å². The Morgan fingerprint density at radius 1 is 1.29 bits per heavy atom. The molecular formula is C20H22ClF3N2O5. The van der Waals surface area contributed by atoms with Gasteiger partial charge in [0.1, 0.15) is 5.92 Å². The predicted octanol–water partition coefficient (Wildman–Crippen LogP) is 3.11. The number of alkyl halides is 3. The number of aliphatic imine (C=N–C) groups is 1. The lowest BCUT2D eigenvalue weighted by molar-refractivity contribution is -0.143. The van der Waals surface area contributed by atoms with Gasteiger partial charge in [-0.1, -0.05) is 23.7 Å². The number of rotatable bonds is 8. The number of benzene rings is 1. The Kier molecular flexibility index (Phi) is 8.60. The van der Waals surface area contributed by atoms with E-state index in [4.69, 9.17) is 31.5 Å². The first-order valence-electron chi connectivity index (χ1n) is 9.32. The van der Waals surface area contributed by atoms with Crippen LogP contribution in [0, 0.1) is 5.92 Å². The summed E-state index contributed by atoms with van der Waals surface area (Å²) in [6, 6.07) is 3.28. The third-order valence-electron chi connectivity index (χ3n) is 4.51. The molecule has 2 atom stereocenters. The molecule has 7 nitrogen and oxygen atoms in total. The van der Waals surface area contributed by atoms with Crippen LogP contribution in [-0.4, -0.2) is 51.6 Å². The number of ether oxygens (including phenoxy) is 3. The Bertz CT molecular complexity index is 886. The summed E-state index contributed by atoms with van der Waals surface area (Å²) in [6.45, 7) is 1.76. The Hall–Kier alpha value is -2.43. The van der Waals surface area contributed by atoms with Crippen LogP contribution in [0.1, 0.15) is 24.0 Å². The van der Waals surface area contributed by atoms with Crippen molar-refractivity contribution in [2.75, 3.05) is 33.5 Å². The Morgan fingerprint density at radius 3 is 2.58 bits per heavy atom. The number of nitrogens with zero attached hydrogens (tertiary/aromatic N) is 1. The normalized spacial score (nSPS) is 18.8. The molecule has 0 spiro atoms. The number of hydrogen-bond acceptors (Lipinski definition) is 7. The first-order valence-corrected chi connectivity index (χ1v) is 9.70. The molecule has 170 valence electrons. The second-order valence-electron chi connectivity index (χ2n) is 6.43. The SMILES string of the molecule is CCOC(=O)C1=C(COCCN)N=CC(C(=O)OC)C1c1cccc(C(F)(F)F)c1Cl. The third kappa shape index (κ3) is 5.63. The van der Waals surface area contributed by atoms with E-state index in [0.29, 0.717) is 0 Å². The fraction of sp³-hybridized carbons (Fsp3) is 0.450. The molecule has 1 aromatic rings. The minimum Gasteiger partial charge on any atom is -0.468 e. The van der Waals surface area contributed by atoms with Crippen molar-refractivity contribution in [2.45, 2.75) is 19.0 Å². The van der Waals surface area contributed by atoms with E-state index in [1.54, 1.807) is 6.92 Å². The van der Waals surface area contributed by atoms with Gasteiger partial charge in [-0.3, -0.25) is 9.79 Å². The number of esters is 2. The molecule has 0 saturated heterocycles. The summed E-state index contributed by atoms with van der Waals surface area (Å²) >= 11 is 6.12. The highest BCUT2D eigenvalue weighted by Crippen LogP contribution is 2.44. The molecule has 2 N–H and O–H groups in total. The average molecular weight is 463 g/mol. The zero-order valence-corrected chi connectivity index (χ0v) is 17.6. The highest BCUT2D eigenvalue weighted by Gasteiger charge is 2.43. The summed E-state index contributed by atoms with van der Waals surface area (Å²) in [7, 11) is 1.12. The molecule has 0 radical (unpaired) electrons. The number of halogens is 4. The quantitative estimate of drug-likeness (QED) is 0.470. The molecule has 1 heterocycles. The molecule has 31 heavy (non-hydrogen) atoms. The van der Waals surface area contributed by atoms with Crippen molar-refractivity contribution in [3.05, 3.63) is 45.6 Å². The maximum absolute atomic E-state index is 13.4. The van der Waals surface area contributed by atoms with Crippen molar-refractivity contribution in [1.82, 2.24) is 0 Å². The van der Waals surface area contributed by atoms with Crippen molar-refractivity contribution < 1.29 is 37.0 Å². The minimum atomic E-state index is -4.74. The number of carbonyl (C=O) groups is 2. The molecule has 0 saturated carbocycles. The summed E-state index contributed by atoms with van der Waals surface area (Å²) in [4.78, 5) is 29.4.